The number of nitrogens with one attached hydrogen (secondary N) is 1. The van der Waals surface area contributed by atoms with E-state index in [1.807, 2.05) is 0 Å². The lowest BCUT2D eigenvalue weighted by molar-refractivity contribution is -0.141. The van der Waals surface area contributed by atoms with Crippen LogP contribution in [0.2, 0.25) is 0 Å². The molecule has 1 aromatic rings. The van der Waals surface area contributed by atoms with Gasteiger partial charge in [-0.2, -0.15) is 0 Å². The number of ether oxygens (including phenoxy) is 1. The van der Waals surface area contributed by atoms with Gasteiger partial charge in [0, 0.05) is 32.2 Å². The summed E-state index contributed by atoms with van der Waals surface area (Å²) in [6.07, 6.45) is 0.385. The Hall–Kier alpha value is -1.46. The molecule has 1 saturated heterocycles. The van der Waals surface area contributed by atoms with Crippen molar-refractivity contribution in [2.75, 3.05) is 26.7 Å². The number of hydrogen-bond donors (Lipinski definition) is 1. The maximum absolute atomic E-state index is 12.8. The van der Waals surface area contributed by atoms with Gasteiger partial charge in [-0.3, -0.25) is 9.69 Å². The van der Waals surface area contributed by atoms with E-state index in [4.69, 9.17) is 0 Å². The number of rotatable bonds is 4. The van der Waals surface area contributed by atoms with Crippen molar-refractivity contribution in [2.45, 2.75) is 19.0 Å². The highest BCUT2D eigenvalue weighted by Crippen LogP contribution is 2.10. The minimum Gasteiger partial charge on any atom is -0.469 e. The maximum atomic E-state index is 12.8. The molecule has 1 atom stereocenters. The highest BCUT2D eigenvalue weighted by molar-refractivity contribution is 5.69. The molecule has 1 fully saturated rings. The fraction of sp³-hybridized carbons (Fsp3) is 0.500. The summed E-state index contributed by atoms with van der Waals surface area (Å²) in [5, 5.41) is 3.31. The van der Waals surface area contributed by atoms with Crippen LogP contribution in [0.15, 0.2) is 24.3 Å². The molecule has 5 heteroatoms. The Morgan fingerprint density at radius 2 is 2.21 bits per heavy atom. The monoisotopic (exact) mass is 266 g/mol. The lowest BCUT2D eigenvalue weighted by Crippen LogP contribution is -2.51. The van der Waals surface area contributed by atoms with Crippen LogP contribution in [0.4, 0.5) is 4.39 Å². The van der Waals surface area contributed by atoms with Crippen molar-refractivity contribution in [1.29, 1.82) is 0 Å². The molecule has 1 N–H and O–H groups in total. The standard InChI is InChI=1S/C14H19FN2O2/c1-19-14(18)8-13-10-17(7-6-16-13)9-11-2-4-12(15)5-3-11/h2-5,13,16H,6-10H2,1H3/t13-/m1/s1. The third-order valence-corrected chi connectivity index (χ3v) is 3.30. The van der Waals surface area contributed by atoms with Gasteiger partial charge in [0.2, 0.25) is 0 Å². The molecule has 0 unspecified atom stereocenters. The number of benzene rings is 1. The SMILES string of the molecule is COC(=O)C[C@@H]1CN(Cc2ccc(F)cc2)CCN1. The summed E-state index contributed by atoms with van der Waals surface area (Å²) in [5.41, 5.74) is 1.08. The molecule has 1 aliphatic heterocycles. The summed E-state index contributed by atoms with van der Waals surface area (Å²) in [4.78, 5) is 13.5. The fourth-order valence-corrected chi connectivity index (χ4v) is 2.31. The first-order valence-corrected chi connectivity index (χ1v) is 6.44. The van der Waals surface area contributed by atoms with Gasteiger partial charge >= 0.3 is 5.97 Å². The van der Waals surface area contributed by atoms with E-state index in [1.165, 1.54) is 19.2 Å². The van der Waals surface area contributed by atoms with Crippen molar-refractivity contribution >= 4 is 5.97 Å². The van der Waals surface area contributed by atoms with Crippen molar-refractivity contribution in [3.05, 3.63) is 35.6 Å². The highest BCUT2D eigenvalue weighted by Gasteiger charge is 2.21. The Morgan fingerprint density at radius 3 is 2.89 bits per heavy atom. The molecule has 0 radical (unpaired) electrons. The molecule has 19 heavy (non-hydrogen) atoms. The van der Waals surface area contributed by atoms with Gasteiger partial charge in [0.1, 0.15) is 5.82 Å². The van der Waals surface area contributed by atoms with E-state index in [0.717, 1.165) is 31.7 Å². The lowest BCUT2D eigenvalue weighted by atomic mass is 10.1. The molecule has 0 aliphatic carbocycles. The molecule has 0 amide bonds. The fourth-order valence-electron chi connectivity index (χ4n) is 2.31. The topological polar surface area (TPSA) is 41.6 Å². The Labute approximate surface area is 112 Å². The molecule has 0 spiro atoms. The van der Waals surface area contributed by atoms with Crippen molar-refractivity contribution in [1.82, 2.24) is 10.2 Å². The Kier molecular flexibility index (Phi) is 4.87. The largest absolute Gasteiger partial charge is 0.469 e. The zero-order valence-electron chi connectivity index (χ0n) is 11.1. The summed E-state index contributed by atoms with van der Waals surface area (Å²) < 4.78 is 17.5. The summed E-state index contributed by atoms with van der Waals surface area (Å²) in [5.74, 6) is -0.409. The molecule has 4 nitrogen and oxygen atoms in total. The smallest absolute Gasteiger partial charge is 0.307 e. The van der Waals surface area contributed by atoms with Gasteiger partial charge in [-0.25, -0.2) is 4.39 Å². The molecule has 2 rings (SSSR count). The van der Waals surface area contributed by atoms with Crippen molar-refractivity contribution in [3.63, 3.8) is 0 Å². The van der Waals surface area contributed by atoms with E-state index >= 15 is 0 Å². The van der Waals surface area contributed by atoms with Crippen LogP contribution in [0.1, 0.15) is 12.0 Å². The average molecular weight is 266 g/mol. The number of esters is 1. The van der Waals surface area contributed by atoms with E-state index in [2.05, 4.69) is 15.0 Å². The molecule has 1 aliphatic rings. The normalized spacial score (nSPS) is 20.2. The first kappa shape index (κ1) is 14.0. The third kappa shape index (κ3) is 4.29. The summed E-state index contributed by atoms with van der Waals surface area (Å²) in [6, 6.07) is 6.67. The predicted molar refractivity (Wildman–Crippen MR) is 70.1 cm³/mol. The van der Waals surface area contributed by atoms with E-state index in [1.54, 1.807) is 12.1 Å². The van der Waals surface area contributed by atoms with Crippen molar-refractivity contribution < 1.29 is 13.9 Å². The number of carbonyl (C=O) groups is 1. The highest BCUT2D eigenvalue weighted by atomic mass is 19.1. The first-order chi connectivity index (χ1) is 9.17. The number of hydrogen-bond acceptors (Lipinski definition) is 4. The molecule has 0 bridgehead atoms. The van der Waals surface area contributed by atoms with Crippen LogP contribution in [0.25, 0.3) is 0 Å². The van der Waals surface area contributed by atoms with Gasteiger partial charge in [0.25, 0.3) is 0 Å². The molecule has 104 valence electrons. The van der Waals surface area contributed by atoms with Gasteiger partial charge in [-0.05, 0) is 17.7 Å². The number of nitrogens with zero attached hydrogens (tertiary/aromatic N) is 1. The predicted octanol–water partition coefficient (Wildman–Crippen LogP) is 1.16. The van der Waals surface area contributed by atoms with Gasteiger partial charge < -0.3 is 10.1 Å². The molecular weight excluding hydrogens is 247 g/mol. The van der Waals surface area contributed by atoms with E-state index in [9.17, 15) is 9.18 Å². The zero-order chi connectivity index (χ0) is 13.7. The number of piperazine rings is 1. The van der Waals surface area contributed by atoms with Crippen LogP contribution < -0.4 is 5.32 Å². The number of methoxy groups -OCH3 is 1. The Balaban J connectivity index is 1.87. The van der Waals surface area contributed by atoms with Gasteiger partial charge in [-0.15, -0.1) is 0 Å². The van der Waals surface area contributed by atoms with E-state index < -0.39 is 0 Å². The van der Waals surface area contributed by atoms with Crippen molar-refractivity contribution in [3.8, 4) is 0 Å². The van der Waals surface area contributed by atoms with Crippen molar-refractivity contribution in [2.24, 2.45) is 0 Å². The number of carbonyl (C=O) groups excluding carboxylic acids is 1. The van der Waals surface area contributed by atoms with Crippen LogP contribution >= 0.6 is 0 Å². The first-order valence-electron chi connectivity index (χ1n) is 6.44. The summed E-state index contributed by atoms with van der Waals surface area (Å²) in [7, 11) is 1.40. The maximum Gasteiger partial charge on any atom is 0.307 e. The van der Waals surface area contributed by atoms with E-state index in [0.29, 0.717) is 6.42 Å². The molecule has 0 saturated carbocycles. The van der Waals surface area contributed by atoms with Gasteiger partial charge in [-0.1, -0.05) is 12.1 Å². The molecular formula is C14H19FN2O2. The Morgan fingerprint density at radius 1 is 1.47 bits per heavy atom. The molecule has 1 aromatic carbocycles. The molecule has 1 heterocycles. The van der Waals surface area contributed by atoms with Crippen LogP contribution in [0.3, 0.4) is 0 Å². The van der Waals surface area contributed by atoms with E-state index in [-0.39, 0.29) is 17.8 Å². The lowest BCUT2D eigenvalue weighted by Gasteiger charge is -2.33. The second-order valence-corrected chi connectivity index (χ2v) is 4.79. The van der Waals surface area contributed by atoms with Crippen LogP contribution in [-0.4, -0.2) is 43.7 Å². The average Bonchev–Trinajstić information content (AvgIpc) is 2.42. The summed E-state index contributed by atoms with van der Waals surface area (Å²) in [6.45, 7) is 3.35. The summed E-state index contributed by atoms with van der Waals surface area (Å²) >= 11 is 0. The third-order valence-electron chi connectivity index (χ3n) is 3.30. The second kappa shape index (κ2) is 6.63. The van der Waals surface area contributed by atoms with Crippen LogP contribution in [0.5, 0.6) is 0 Å². The van der Waals surface area contributed by atoms with Gasteiger partial charge in [0.15, 0.2) is 0 Å². The van der Waals surface area contributed by atoms with Crippen LogP contribution in [-0.2, 0) is 16.1 Å². The zero-order valence-corrected chi connectivity index (χ0v) is 11.1. The quantitative estimate of drug-likeness (QED) is 0.831. The number of halogens is 1. The Bertz CT molecular complexity index is 422. The van der Waals surface area contributed by atoms with Gasteiger partial charge in [0.05, 0.1) is 13.5 Å². The minimum atomic E-state index is -0.215. The second-order valence-electron chi connectivity index (χ2n) is 4.79. The minimum absolute atomic E-state index is 0.127. The molecule has 0 aromatic heterocycles. The van der Waals surface area contributed by atoms with Crippen LogP contribution in [0, 0.1) is 5.82 Å².